The van der Waals surface area contributed by atoms with Crippen molar-refractivity contribution in [3.05, 3.63) is 58.7 Å². The average molecular weight is 1230 g/mol. The predicted octanol–water partition coefficient (Wildman–Crippen LogP) is 2.81. The normalized spacial score (nSPS) is 19.3. The zero-order chi connectivity index (χ0) is 59.7. The number of halogens is 1. The van der Waals surface area contributed by atoms with E-state index in [4.69, 9.17) is 34.2 Å². The van der Waals surface area contributed by atoms with Crippen molar-refractivity contribution in [3.63, 3.8) is 0 Å². The van der Waals surface area contributed by atoms with Gasteiger partial charge in [0.15, 0.2) is 12.6 Å². The van der Waals surface area contributed by atoms with Crippen LogP contribution in [0.5, 0.6) is 11.5 Å². The van der Waals surface area contributed by atoms with Gasteiger partial charge in [0.2, 0.25) is 23.4 Å². The second-order valence-corrected chi connectivity index (χ2v) is 22.9. The van der Waals surface area contributed by atoms with Crippen LogP contribution in [-0.4, -0.2) is 199 Å². The highest BCUT2D eigenvalue weighted by molar-refractivity contribution is 8.08. The van der Waals surface area contributed by atoms with Crippen molar-refractivity contribution in [1.82, 2.24) is 37.2 Å². The van der Waals surface area contributed by atoms with Crippen LogP contribution in [0.4, 0.5) is 13.8 Å². The molecule has 0 spiro atoms. The second-order valence-electron chi connectivity index (χ2n) is 18.4. The van der Waals surface area contributed by atoms with Gasteiger partial charge in [0.25, 0.3) is 14.1 Å². The van der Waals surface area contributed by atoms with Crippen LogP contribution in [0, 0.1) is 0 Å². The lowest BCUT2D eigenvalue weighted by Crippen LogP contribution is -2.36. The SMILES string of the molecule is COc1ccc(C(=O)C=O)cc1C(=O)NCCOCCOCCNC(=O)CCCCC1SCC2NC(=O)NC21.COc1ccc(C(=O)C=O)cc1C(=O)OP(F)P.NCCOCCOCCNC(=O)CCCCC1SCC2NC(=O)NC21. The summed E-state index contributed by atoms with van der Waals surface area (Å²) in [5, 5.41) is 21.1. The molecular weight excluding hydrogens is 1150 g/mol. The van der Waals surface area contributed by atoms with Crippen LogP contribution in [-0.2, 0) is 42.6 Å². The van der Waals surface area contributed by atoms with Gasteiger partial charge in [-0.1, -0.05) is 12.8 Å². The van der Waals surface area contributed by atoms with Crippen molar-refractivity contribution in [2.75, 3.05) is 105 Å². The molecule has 30 heteroatoms. The van der Waals surface area contributed by atoms with E-state index in [1.807, 2.05) is 23.5 Å². The van der Waals surface area contributed by atoms with E-state index in [0.29, 0.717) is 89.2 Å². The van der Waals surface area contributed by atoms with Crippen LogP contribution in [0.25, 0.3) is 0 Å². The van der Waals surface area contributed by atoms with Crippen molar-refractivity contribution in [2.24, 2.45) is 5.73 Å². The Kier molecular flexibility index (Phi) is 32.8. The summed E-state index contributed by atoms with van der Waals surface area (Å²) in [6, 6.07) is 8.80. The third-order valence-corrected chi connectivity index (χ3v) is 16.3. The topological polar surface area (TPSA) is 346 Å². The predicted molar refractivity (Wildman–Crippen MR) is 309 cm³/mol. The fourth-order valence-corrected chi connectivity index (χ4v) is 12.3. The summed E-state index contributed by atoms with van der Waals surface area (Å²) in [7, 11) is 1.98. The molecular formula is C52H75FN8O17P2S2. The highest BCUT2D eigenvalue weighted by Crippen LogP contribution is 2.48. The first-order chi connectivity index (χ1) is 39.6. The van der Waals surface area contributed by atoms with E-state index in [9.17, 15) is 52.1 Å². The molecule has 25 nitrogen and oxygen atoms in total. The van der Waals surface area contributed by atoms with Crippen molar-refractivity contribution in [1.29, 1.82) is 0 Å². The van der Waals surface area contributed by atoms with Crippen LogP contribution >= 0.6 is 40.6 Å². The van der Waals surface area contributed by atoms with E-state index in [1.165, 1.54) is 44.6 Å². The molecule has 82 heavy (non-hydrogen) atoms. The number of hydrogen-bond acceptors (Lipinski definition) is 20. The van der Waals surface area contributed by atoms with E-state index in [0.717, 1.165) is 56.1 Å². The van der Waals surface area contributed by atoms with E-state index in [2.05, 4.69) is 41.7 Å². The third kappa shape index (κ3) is 24.7. The van der Waals surface area contributed by atoms with Crippen LogP contribution < -0.4 is 52.4 Å². The summed E-state index contributed by atoms with van der Waals surface area (Å²) in [4.78, 5) is 114. The molecule has 0 bridgehead atoms. The monoisotopic (exact) mass is 1230 g/mol. The van der Waals surface area contributed by atoms with E-state index < -0.39 is 31.6 Å². The maximum absolute atomic E-state index is 12.6. The molecule has 6 rings (SSSR count). The fraction of sp³-hybridized carbons (Fsp3) is 0.577. The standard InChI is InChI=1S/C26H36N4O8S.C16H30N4O4S.C10H9FO5P2/c1-36-21-7-6-17(20(32)15-31)14-18(21)25(34)28-9-11-38-13-12-37-10-8-27-23(33)5-3-2-4-22-24-19(16-39-22)29-26(35)30-24;17-5-7-23-9-10-24-8-6-18-14(21)4-2-1-3-13-15-12(11-25-13)19-16(22)20-15;1-15-9-3-2-6(8(13)5-12)4-7(9)10(14)16-18(11)17/h6-7,14-15,19,22,24H,2-5,8-13,16H2,1H3,(H,27,33)(H,28,34)(H2,29,30,35);12-13,15H,1-11,17H2,(H,18,21)(H2,19,20,22);2-5H,17H2,1H3. The highest BCUT2D eigenvalue weighted by Gasteiger charge is 2.43. The summed E-state index contributed by atoms with van der Waals surface area (Å²) in [5.41, 5.74) is 5.45. The van der Waals surface area contributed by atoms with Crippen LogP contribution in [0.2, 0.25) is 0 Å². The van der Waals surface area contributed by atoms with E-state index in [-0.39, 0.29) is 108 Å². The number of carbonyl (C=O) groups excluding carboxylic acids is 10. The molecule has 4 aliphatic rings. The number of ether oxygens (including phenoxy) is 6. The molecule has 9 N–H and O–H groups in total. The molecule has 454 valence electrons. The van der Waals surface area contributed by atoms with Gasteiger partial charge in [-0.05, 0) is 71.0 Å². The van der Waals surface area contributed by atoms with Gasteiger partial charge in [0.05, 0.1) is 96.8 Å². The molecule has 0 radical (unpaired) electrons. The van der Waals surface area contributed by atoms with E-state index in [1.54, 1.807) is 8.93 Å². The number of hydrogen-bond donors (Lipinski definition) is 8. The lowest BCUT2D eigenvalue weighted by molar-refractivity contribution is -0.122. The molecule has 2 aromatic rings. The van der Waals surface area contributed by atoms with Gasteiger partial charge >= 0.3 is 18.0 Å². The first-order valence-corrected chi connectivity index (χ1v) is 31.5. The molecule has 4 aliphatic heterocycles. The van der Waals surface area contributed by atoms with Gasteiger partial charge in [-0.25, -0.2) is 14.4 Å². The van der Waals surface area contributed by atoms with Crippen molar-refractivity contribution in [2.45, 2.75) is 86.0 Å². The average Bonchev–Trinajstić information content (AvgIpc) is 4.35. The van der Waals surface area contributed by atoms with Crippen LogP contribution in [0.3, 0.4) is 0 Å². The number of aldehydes is 2. The van der Waals surface area contributed by atoms with Gasteiger partial charge in [-0.15, -0.1) is 0 Å². The first kappa shape index (κ1) is 68.9. The zero-order valence-corrected chi connectivity index (χ0v) is 49.6. The lowest BCUT2D eigenvalue weighted by Gasteiger charge is -2.16. The number of unbranched alkanes of at least 4 members (excludes halogenated alkanes) is 2. The maximum atomic E-state index is 12.6. The molecule has 7 amide bonds. The number of carbonyl (C=O) groups is 10. The molecule has 0 aromatic heterocycles. The van der Waals surface area contributed by atoms with Gasteiger partial charge in [0.1, 0.15) is 17.1 Å². The number of nitrogens with two attached hydrogens (primary N) is 1. The molecule has 8 unspecified atom stereocenters. The molecule has 4 heterocycles. The Morgan fingerprint density at radius 3 is 1.49 bits per heavy atom. The fourth-order valence-electron chi connectivity index (χ4n) is 8.63. The van der Waals surface area contributed by atoms with Gasteiger partial charge in [-0.3, -0.25) is 33.6 Å². The maximum Gasteiger partial charge on any atom is 0.346 e. The Labute approximate surface area is 487 Å². The Morgan fingerprint density at radius 1 is 0.634 bits per heavy atom. The smallest absolute Gasteiger partial charge is 0.346 e. The number of methoxy groups -OCH3 is 2. The minimum absolute atomic E-state index is 0.00364. The number of rotatable bonds is 36. The van der Waals surface area contributed by atoms with Crippen LogP contribution in [0.15, 0.2) is 36.4 Å². The number of urea groups is 2. The summed E-state index contributed by atoms with van der Waals surface area (Å²) >= 11 is 3.79. The lowest BCUT2D eigenvalue weighted by atomic mass is 10.0. The third-order valence-electron chi connectivity index (χ3n) is 12.7. The summed E-state index contributed by atoms with van der Waals surface area (Å²) < 4.78 is 48.5. The molecule has 4 fully saturated rings. The zero-order valence-electron chi connectivity index (χ0n) is 45.9. The quantitative estimate of drug-likeness (QED) is 0.0121. The second kappa shape index (κ2) is 39.1. The number of thioether (sulfide) groups is 2. The van der Waals surface area contributed by atoms with Gasteiger partial charge < -0.3 is 75.9 Å². The van der Waals surface area contributed by atoms with E-state index >= 15 is 0 Å². The van der Waals surface area contributed by atoms with Crippen LogP contribution in [0.1, 0.15) is 92.8 Å². The minimum atomic E-state index is -2.45. The molecule has 0 aliphatic carbocycles. The molecule has 4 saturated heterocycles. The summed E-state index contributed by atoms with van der Waals surface area (Å²) in [6.45, 7) is 5.07. The Morgan fingerprint density at radius 2 is 1.06 bits per heavy atom. The summed E-state index contributed by atoms with van der Waals surface area (Å²) in [6.07, 6.45) is 6.95. The number of fused-ring (bicyclic) bond motifs is 2. The number of amides is 7. The molecule has 8 atom stereocenters. The van der Waals surface area contributed by atoms with Crippen molar-refractivity contribution >= 4 is 100 Å². The number of Topliss-reactive ketones (excluding diaryl/α,β-unsaturated/α-hetero) is 2. The Bertz CT molecular complexity index is 2440. The first-order valence-electron chi connectivity index (χ1n) is 26.6. The Balaban J connectivity index is 0.000000287. The number of nitrogens with one attached hydrogen (secondary N) is 7. The number of ketones is 2. The summed E-state index contributed by atoms with van der Waals surface area (Å²) in [5.74, 6) is -0.529. The van der Waals surface area contributed by atoms with Gasteiger partial charge in [0, 0.05) is 72.2 Å². The highest BCUT2D eigenvalue weighted by atomic mass is 32.2. The van der Waals surface area contributed by atoms with Crippen molar-refractivity contribution < 1.29 is 85.1 Å². The molecule has 2 aromatic carbocycles. The molecule has 0 saturated carbocycles. The van der Waals surface area contributed by atoms with Crippen molar-refractivity contribution in [3.8, 4) is 11.5 Å². The number of benzene rings is 2. The Hall–Kier alpha value is -5.57. The van der Waals surface area contributed by atoms with Gasteiger partial charge in [-0.2, -0.15) is 27.7 Å². The largest absolute Gasteiger partial charge is 0.496 e. The minimum Gasteiger partial charge on any atom is -0.496 e.